The van der Waals surface area contributed by atoms with E-state index in [2.05, 4.69) is 41.5 Å². The standard InChI is InChI=1S/C18H22N2O/c1-12-9-10-20-13(2)18(12)16-7-5-15(6-8-16)11-17(19-4)14(3)21/h5-10,17,19H,11H2,1-4H3. The fourth-order valence-electron chi connectivity index (χ4n) is 2.62. The molecule has 21 heavy (non-hydrogen) atoms. The van der Waals surface area contributed by atoms with E-state index in [1.165, 1.54) is 16.7 Å². The number of aryl methyl sites for hydroxylation is 2. The number of nitrogens with zero attached hydrogens (tertiary/aromatic N) is 1. The van der Waals surface area contributed by atoms with Crippen molar-refractivity contribution in [3.05, 3.63) is 53.3 Å². The van der Waals surface area contributed by atoms with Crippen LogP contribution in [0.3, 0.4) is 0 Å². The lowest BCUT2D eigenvalue weighted by atomic mass is 9.96. The molecular formula is C18H22N2O. The highest BCUT2D eigenvalue weighted by Crippen LogP contribution is 2.26. The van der Waals surface area contributed by atoms with Crippen LogP contribution < -0.4 is 5.32 Å². The molecule has 1 atom stereocenters. The largest absolute Gasteiger partial charge is 0.310 e. The zero-order valence-electron chi connectivity index (χ0n) is 13.1. The summed E-state index contributed by atoms with van der Waals surface area (Å²) in [4.78, 5) is 15.9. The van der Waals surface area contributed by atoms with Gasteiger partial charge in [-0.15, -0.1) is 0 Å². The van der Waals surface area contributed by atoms with E-state index in [4.69, 9.17) is 0 Å². The van der Waals surface area contributed by atoms with Gasteiger partial charge in [-0.2, -0.15) is 0 Å². The first kappa shape index (κ1) is 15.4. The van der Waals surface area contributed by atoms with Gasteiger partial charge in [-0.05, 0) is 57.0 Å². The molecule has 1 N–H and O–H groups in total. The van der Waals surface area contributed by atoms with Gasteiger partial charge in [0.25, 0.3) is 0 Å². The van der Waals surface area contributed by atoms with E-state index in [1.54, 1.807) is 6.92 Å². The van der Waals surface area contributed by atoms with Crippen molar-refractivity contribution >= 4 is 5.78 Å². The second kappa shape index (κ2) is 6.64. The number of benzene rings is 1. The normalized spacial score (nSPS) is 12.2. The molecule has 1 aromatic carbocycles. The summed E-state index contributed by atoms with van der Waals surface area (Å²) < 4.78 is 0. The molecule has 0 amide bonds. The van der Waals surface area contributed by atoms with E-state index in [9.17, 15) is 4.79 Å². The smallest absolute Gasteiger partial charge is 0.147 e. The highest BCUT2D eigenvalue weighted by molar-refractivity contribution is 5.81. The zero-order valence-corrected chi connectivity index (χ0v) is 13.1. The van der Waals surface area contributed by atoms with Crippen LogP contribution in [0.4, 0.5) is 0 Å². The molecule has 1 aromatic heterocycles. The first-order valence-corrected chi connectivity index (χ1v) is 7.22. The summed E-state index contributed by atoms with van der Waals surface area (Å²) in [5.41, 5.74) is 5.80. The Balaban J connectivity index is 2.25. The molecule has 0 saturated carbocycles. The van der Waals surface area contributed by atoms with Gasteiger partial charge in [-0.3, -0.25) is 9.78 Å². The summed E-state index contributed by atoms with van der Waals surface area (Å²) in [5.74, 6) is 0.167. The molecule has 0 saturated heterocycles. The Bertz CT molecular complexity index is 612. The molecule has 0 aliphatic rings. The Hall–Kier alpha value is -2.00. The molecule has 0 aliphatic heterocycles. The SMILES string of the molecule is CNC(Cc1ccc(-c2c(C)ccnc2C)cc1)C(C)=O. The van der Waals surface area contributed by atoms with E-state index in [0.29, 0.717) is 0 Å². The second-order valence-electron chi connectivity index (χ2n) is 5.44. The van der Waals surface area contributed by atoms with Gasteiger partial charge in [0.15, 0.2) is 0 Å². The van der Waals surface area contributed by atoms with Gasteiger partial charge in [0, 0.05) is 17.5 Å². The lowest BCUT2D eigenvalue weighted by Crippen LogP contribution is -2.34. The highest BCUT2D eigenvalue weighted by atomic mass is 16.1. The molecule has 3 nitrogen and oxygen atoms in total. The molecule has 0 bridgehead atoms. The third-order valence-corrected chi connectivity index (χ3v) is 3.87. The summed E-state index contributed by atoms with van der Waals surface area (Å²) in [7, 11) is 1.82. The fraction of sp³-hybridized carbons (Fsp3) is 0.333. The van der Waals surface area contributed by atoms with Crippen molar-refractivity contribution in [2.75, 3.05) is 7.05 Å². The number of carbonyl (C=O) groups is 1. The number of carbonyl (C=O) groups excluding carboxylic acids is 1. The monoisotopic (exact) mass is 282 g/mol. The van der Waals surface area contributed by atoms with Crippen LogP contribution >= 0.6 is 0 Å². The maximum atomic E-state index is 11.5. The summed E-state index contributed by atoms with van der Waals surface area (Å²) in [6.07, 6.45) is 2.56. The lowest BCUT2D eigenvalue weighted by molar-refractivity contribution is -0.118. The Morgan fingerprint density at radius 1 is 1.19 bits per heavy atom. The van der Waals surface area contributed by atoms with Gasteiger partial charge >= 0.3 is 0 Å². The van der Waals surface area contributed by atoms with Gasteiger partial charge in [-0.25, -0.2) is 0 Å². The van der Waals surface area contributed by atoms with Crippen LogP contribution in [-0.2, 0) is 11.2 Å². The van der Waals surface area contributed by atoms with Gasteiger partial charge in [0.1, 0.15) is 5.78 Å². The Morgan fingerprint density at radius 3 is 2.38 bits per heavy atom. The molecule has 0 spiro atoms. The topological polar surface area (TPSA) is 42.0 Å². The molecule has 2 aromatic rings. The average molecular weight is 282 g/mol. The number of pyridine rings is 1. The number of rotatable bonds is 5. The highest BCUT2D eigenvalue weighted by Gasteiger charge is 2.12. The van der Waals surface area contributed by atoms with Crippen LogP contribution in [0.25, 0.3) is 11.1 Å². The van der Waals surface area contributed by atoms with Crippen molar-refractivity contribution in [1.82, 2.24) is 10.3 Å². The van der Waals surface area contributed by atoms with Gasteiger partial charge in [-0.1, -0.05) is 24.3 Å². The minimum atomic E-state index is -0.113. The van der Waals surface area contributed by atoms with Crippen LogP contribution in [0, 0.1) is 13.8 Å². The average Bonchev–Trinajstić information content (AvgIpc) is 2.45. The Labute approximate surface area is 126 Å². The first-order chi connectivity index (χ1) is 10.0. The van der Waals surface area contributed by atoms with Crippen molar-refractivity contribution in [3.8, 4) is 11.1 Å². The minimum Gasteiger partial charge on any atom is -0.310 e. The van der Waals surface area contributed by atoms with Crippen LogP contribution in [0.5, 0.6) is 0 Å². The van der Waals surface area contributed by atoms with E-state index in [1.807, 2.05) is 26.2 Å². The number of nitrogens with one attached hydrogen (secondary N) is 1. The molecule has 1 unspecified atom stereocenters. The lowest BCUT2D eigenvalue weighted by Gasteiger charge is -2.14. The van der Waals surface area contributed by atoms with E-state index in [0.717, 1.165) is 17.7 Å². The zero-order chi connectivity index (χ0) is 15.4. The molecule has 1 heterocycles. The summed E-state index contributed by atoms with van der Waals surface area (Å²) >= 11 is 0. The van der Waals surface area contributed by atoms with Gasteiger partial charge in [0.2, 0.25) is 0 Å². The number of ketones is 1. The summed E-state index contributed by atoms with van der Waals surface area (Å²) in [5, 5.41) is 3.05. The quantitative estimate of drug-likeness (QED) is 0.916. The Morgan fingerprint density at radius 2 is 1.86 bits per heavy atom. The number of Topliss-reactive ketones (excluding diaryl/α,β-unsaturated/α-hetero) is 1. The van der Waals surface area contributed by atoms with E-state index in [-0.39, 0.29) is 11.8 Å². The summed E-state index contributed by atoms with van der Waals surface area (Å²) in [6.45, 7) is 5.76. The molecule has 3 heteroatoms. The maximum Gasteiger partial charge on any atom is 0.147 e. The number of hydrogen-bond acceptors (Lipinski definition) is 3. The van der Waals surface area contributed by atoms with Crippen LogP contribution in [-0.4, -0.2) is 23.9 Å². The first-order valence-electron chi connectivity index (χ1n) is 7.22. The predicted molar refractivity (Wildman–Crippen MR) is 86.4 cm³/mol. The van der Waals surface area contributed by atoms with Crippen molar-refractivity contribution in [2.45, 2.75) is 33.2 Å². The molecule has 0 radical (unpaired) electrons. The summed E-state index contributed by atoms with van der Waals surface area (Å²) in [6, 6.07) is 10.3. The van der Waals surface area contributed by atoms with Crippen molar-refractivity contribution in [2.24, 2.45) is 0 Å². The van der Waals surface area contributed by atoms with Crippen molar-refractivity contribution in [1.29, 1.82) is 0 Å². The number of aromatic nitrogens is 1. The van der Waals surface area contributed by atoms with Gasteiger partial charge < -0.3 is 5.32 Å². The molecule has 2 rings (SSSR count). The third-order valence-electron chi connectivity index (χ3n) is 3.87. The predicted octanol–water partition coefficient (Wildman–Crippen LogP) is 3.08. The van der Waals surface area contributed by atoms with E-state index < -0.39 is 0 Å². The molecule has 0 aliphatic carbocycles. The fourth-order valence-corrected chi connectivity index (χ4v) is 2.62. The third kappa shape index (κ3) is 3.56. The van der Waals surface area contributed by atoms with Crippen molar-refractivity contribution in [3.63, 3.8) is 0 Å². The van der Waals surface area contributed by atoms with Crippen LogP contribution in [0.1, 0.15) is 23.7 Å². The maximum absolute atomic E-state index is 11.5. The number of hydrogen-bond donors (Lipinski definition) is 1. The minimum absolute atomic E-state index is 0.113. The molecular weight excluding hydrogens is 260 g/mol. The molecule has 110 valence electrons. The molecule has 0 fully saturated rings. The van der Waals surface area contributed by atoms with Crippen LogP contribution in [0.15, 0.2) is 36.5 Å². The Kier molecular flexibility index (Phi) is 4.86. The van der Waals surface area contributed by atoms with Crippen LogP contribution in [0.2, 0.25) is 0 Å². The number of likely N-dealkylation sites (N-methyl/N-ethyl adjacent to an activating group) is 1. The van der Waals surface area contributed by atoms with E-state index >= 15 is 0 Å². The van der Waals surface area contributed by atoms with Crippen molar-refractivity contribution < 1.29 is 4.79 Å². The second-order valence-corrected chi connectivity index (χ2v) is 5.44. The van der Waals surface area contributed by atoms with Gasteiger partial charge in [0.05, 0.1) is 6.04 Å².